The van der Waals surface area contributed by atoms with Crippen molar-refractivity contribution in [2.75, 3.05) is 12.3 Å². The second kappa shape index (κ2) is 4.90. The van der Waals surface area contributed by atoms with Crippen LogP contribution < -0.4 is 10.5 Å². The van der Waals surface area contributed by atoms with E-state index in [1.165, 1.54) is 12.5 Å². The summed E-state index contributed by atoms with van der Waals surface area (Å²) in [6.07, 6.45) is 4.43. The zero-order valence-electron chi connectivity index (χ0n) is 10.6. The van der Waals surface area contributed by atoms with Gasteiger partial charge in [-0.15, -0.1) is 0 Å². The van der Waals surface area contributed by atoms with E-state index in [9.17, 15) is 8.42 Å². The maximum Gasteiger partial charge on any atom is 0.242 e. The van der Waals surface area contributed by atoms with Crippen LogP contribution in [0.4, 0.5) is 5.69 Å². The van der Waals surface area contributed by atoms with Crippen molar-refractivity contribution in [1.29, 1.82) is 0 Å². The lowest BCUT2D eigenvalue weighted by Gasteiger charge is -2.41. The fraction of sp³-hybridized carbons (Fsp3) is 0.538. The second-order valence-electron chi connectivity index (χ2n) is 5.07. The molecule has 0 radical (unpaired) electrons. The molecule has 0 aromatic heterocycles. The number of nitrogens with two attached hydrogens (primary N) is 1. The number of hydrogen-bond acceptors (Lipinski definition) is 3. The molecule has 0 spiro atoms. The van der Waals surface area contributed by atoms with Crippen LogP contribution in [0.3, 0.4) is 0 Å². The second-order valence-corrected chi connectivity index (χ2v) is 6.80. The first-order valence-electron chi connectivity index (χ1n) is 6.33. The largest absolute Gasteiger partial charge is 0.398 e. The van der Waals surface area contributed by atoms with E-state index >= 15 is 0 Å². The maximum atomic E-state index is 12.2. The van der Waals surface area contributed by atoms with Gasteiger partial charge in [0.15, 0.2) is 0 Å². The zero-order valence-corrected chi connectivity index (χ0v) is 11.5. The van der Waals surface area contributed by atoms with Crippen LogP contribution in [0.25, 0.3) is 0 Å². The number of anilines is 1. The third kappa shape index (κ3) is 2.52. The lowest BCUT2D eigenvalue weighted by molar-refractivity contribution is 0.133. The highest BCUT2D eigenvalue weighted by atomic mass is 32.2. The van der Waals surface area contributed by atoms with Crippen molar-refractivity contribution in [2.45, 2.75) is 37.5 Å². The molecule has 0 aliphatic heterocycles. The van der Waals surface area contributed by atoms with Gasteiger partial charge in [-0.25, -0.2) is 13.1 Å². The van der Waals surface area contributed by atoms with Crippen LogP contribution in [0, 0.1) is 5.41 Å². The van der Waals surface area contributed by atoms with Crippen molar-refractivity contribution in [2.24, 2.45) is 5.41 Å². The number of sulfonamides is 1. The van der Waals surface area contributed by atoms with Gasteiger partial charge in [-0.1, -0.05) is 25.5 Å². The average Bonchev–Trinajstić information content (AvgIpc) is 2.28. The van der Waals surface area contributed by atoms with E-state index in [1.807, 2.05) is 0 Å². The van der Waals surface area contributed by atoms with Crippen molar-refractivity contribution in [3.63, 3.8) is 0 Å². The van der Waals surface area contributed by atoms with Gasteiger partial charge in [0.1, 0.15) is 4.90 Å². The van der Waals surface area contributed by atoms with Gasteiger partial charge >= 0.3 is 0 Å². The van der Waals surface area contributed by atoms with Crippen molar-refractivity contribution < 1.29 is 8.42 Å². The Morgan fingerprint density at radius 3 is 2.50 bits per heavy atom. The highest BCUT2D eigenvalue weighted by Crippen LogP contribution is 2.43. The summed E-state index contributed by atoms with van der Waals surface area (Å²) in [4.78, 5) is 0.176. The van der Waals surface area contributed by atoms with Crippen LogP contribution in [0.2, 0.25) is 0 Å². The summed E-state index contributed by atoms with van der Waals surface area (Å²) in [5, 5.41) is 0. The molecule has 1 aliphatic carbocycles. The molecule has 2 rings (SSSR count). The van der Waals surface area contributed by atoms with Crippen LogP contribution in [0.1, 0.15) is 32.6 Å². The molecule has 5 heteroatoms. The van der Waals surface area contributed by atoms with Gasteiger partial charge in [0, 0.05) is 6.54 Å². The molecule has 100 valence electrons. The average molecular weight is 268 g/mol. The highest BCUT2D eigenvalue weighted by Gasteiger charge is 2.36. The Bertz CT molecular complexity index is 516. The summed E-state index contributed by atoms with van der Waals surface area (Å²) < 4.78 is 27.0. The molecule has 1 saturated carbocycles. The van der Waals surface area contributed by atoms with Crippen molar-refractivity contribution >= 4 is 15.7 Å². The summed E-state index contributed by atoms with van der Waals surface area (Å²) >= 11 is 0. The number of para-hydroxylation sites is 1. The minimum atomic E-state index is -3.49. The van der Waals surface area contributed by atoms with Crippen LogP contribution >= 0.6 is 0 Å². The van der Waals surface area contributed by atoms with Gasteiger partial charge in [-0.3, -0.25) is 0 Å². The fourth-order valence-electron chi connectivity index (χ4n) is 2.38. The molecule has 0 amide bonds. The maximum absolute atomic E-state index is 12.2. The summed E-state index contributed by atoms with van der Waals surface area (Å²) in [7, 11) is -3.49. The lowest BCUT2D eigenvalue weighted by atomic mass is 9.67. The van der Waals surface area contributed by atoms with E-state index in [4.69, 9.17) is 5.73 Å². The first-order valence-corrected chi connectivity index (χ1v) is 7.82. The molecule has 0 heterocycles. The molecule has 1 fully saturated rings. The van der Waals surface area contributed by atoms with E-state index < -0.39 is 10.0 Å². The van der Waals surface area contributed by atoms with Crippen molar-refractivity contribution in [3.8, 4) is 0 Å². The van der Waals surface area contributed by atoms with Gasteiger partial charge in [-0.2, -0.15) is 0 Å². The van der Waals surface area contributed by atoms with Crippen LogP contribution in [-0.4, -0.2) is 15.0 Å². The van der Waals surface area contributed by atoms with Crippen molar-refractivity contribution in [3.05, 3.63) is 24.3 Å². The monoisotopic (exact) mass is 268 g/mol. The first-order chi connectivity index (χ1) is 8.49. The van der Waals surface area contributed by atoms with Gasteiger partial charge < -0.3 is 5.73 Å². The minimum Gasteiger partial charge on any atom is -0.398 e. The first kappa shape index (κ1) is 13.4. The van der Waals surface area contributed by atoms with Gasteiger partial charge in [0.2, 0.25) is 10.0 Å². The number of nitrogen functional groups attached to an aromatic ring is 1. The molecule has 0 unspecified atom stereocenters. The molecule has 0 bridgehead atoms. The van der Waals surface area contributed by atoms with E-state index in [-0.39, 0.29) is 10.3 Å². The zero-order chi connectivity index (χ0) is 13.2. The highest BCUT2D eigenvalue weighted by molar-refractivity contribution is 7.89. The number of benzene rings is 1. The van der Waals surface area contributed by atoms with Gasteiger partial charge in [0.05, 0.1) is 5.69 Å². The molecule has 0 atom stereocenters. The summed E-state index contributed by atoms with van der Waals surface area (Å²) in [5.74, 6) is 0. The lowest BCUT2D eigenvalue weighted by Crippen LogP contribution is -2.41. The number of rotatable bonds is 5. The third-order valence-electron chi connectivity index (χ3n) is 4.01. The molecule has 1 aromatic rings. The Kier molecular flexibility index (Phi) is 3.64. The van der Waals surface area contributed by atoms with E-state index in [2.05, 4.69) is 11.6 Å². The number of nitrogens with one attached hydrogen (secondary N) is 1. The van der Waals surface area contributed by atoms with Crippen LogP contribution in [-0.2, 0) is 10.0 Å². The fourth-order valence-corrected chi connectivity index (χ4v) is 3.67. The third-order valence-corrected chi connectivity index (χ3v) is 5.49. The molecule has 0 saturated heterocycles. The normalized spacial score (nSPS) is 18.3. The Morgan fingerprint density at radius 1 is 1.33 bits per heavy atom. The van der Waals surface area contributed by atoms with Crippen LogP contribution in [0.5, 0.6) is 0 Å². The quantitative estimate of drug-likeness (QED) is 0.803. The molecule has 1 aliphatic rings. The van der Waals surface area contributed by atoms with E-state index in [0.717, 1.165) is 19.3 Å². The minimum absolute atomic E-state index is 0.163. The van der Waals surface area contributed by atoms with Crippen LogP contribution in [0.15, 0.2) is 29.2 Å². The topological polar surface area (TPSA) is 72.2 Å². The Morgan fingerprint density at radius 2 is 2.00 bits per heavy atom. The number of hydrogen-bond donors (Lipinski definition) is 2. The Balaban J connectivity index is 2.11. The van der Waals surface area contributed by atoms with Gasteiger partial charge in [-0.05, 0) is 36.8 Å². The van der Waals surface area contributed by atoms with E-state index in [1.54, 1.807) is 18.2 Å². The molecule has 4 nitrogen and oxygen atoms in total. The Hall–Kier alpha value is -1.07. The smallest absolute Gasteiger partial charge is 0.242 e. The summed E-state index contributed by atoms with van der Waals surface area (Å²) in [6, 6.07) is 6.56. The molecular formula is C13H20N2O2S. The molecule has 3 N–H and O–H groups in total. The van der Waals surface area contributed by atoms with Crippen molar-refractivity contribution in [1.82, 2.24) is 4.72 Å². The molecule has 1 aromatic carbocycles. The standard InChI is InChI=1S/C13H20N2O2S/c1-2-13(8-5-9-13)10-15-18(16,17)12-7-4-3-6-11(12)14/h3-4,6-7,15H,2,5,8-10,14H2,1H3. The summed E-state index contributed by atoms with van der Waals surface area (Å²) in [6.45, 7) is 2.63. The molecule has 18 heavy (non-hydrogen) atoms. The van der Waals surface area contributed by atoms with E-state index in [0.29, 0.717) is 12.2 Å². The predicted molar refractivity (Wildman–Crippen MR) is 72.6 cm³/mol. The Labute approximate surface area is 109 Å². The predicted octanol–water partition coefficient (Wildman–Crippen LogP) is 2.13. The molecular weight excluding hydrogens is 248 g/mol. The summed E-state index contributed by atoms with van der Waals surface area (Å²) in [5.41, 5.74) is 6.16. The van der Waals surface area contributed by atoms with Gasteiger partial charge in [0.25, 0.3) is 0 Å². The SMILES string of the molecule is CCC1(CNS(=O)(=O)c2ccccc2N)CCC1.